The van der Waals surface area contributed by atoms with Gasteiger partial charge in [-0.2, -0.15) is 0 Å². The molecule has 2 fully saturated rings. The fourth-order valence-electron chi connectivity index (χ4n) is 3.97. The number of nitrogens with zero attached hydrogens (tertiary/aromatic N) is 3. The first kappa shape index (κ1) is 21.3. The third kappa shape index (κ3) is 4.70. The van der Waals surface area contributed by atoms with Gasteiger partial charge in [0.25, 0.3) is 5.91 Å². The molecule has 3 heterocycles. The Hall–Kier alpha value is -1.93. The standard InChI is InChI=1S/C22H26ClN3O3S/c1-2-13-29-17-5-3-16(4-6-17)26-21(27)14-19(22(26)28)25-11-9-24(10-12-25)15-18-7-8-20(23)30-18/h3-8,19H,2,9-15H2,1H3. The Kier molecular flexibility index (Phi) is 6.73. The first-order valence-electron chi connectivity index (χ1n) is 10.4. The van der Waals surface area contributed by atoms with E-state index in [9.17, 15) is 9.59 Å². The number of benzene rings is 1. The lowest BCUT2D eigenvalue weighted by Gasteiger charge is -2.36. The molecule has 4 rings (SSSR count). The molecule has 6 nitrogen and oxygen atoms in total. The number of piperazine rings is 1. The number of carbonyl (C=O) groups is 2. The summed E-state index contributed by atoms with van der Waals surface area (Å²) in [6.45, 7) is 6.87. The maximum absolute atomic E-state index is 13.1. The first-order chi connectivity index (χ1) is 14.5. The molecule has 2 aliphatic rings. The maximum Gasteiger partial charge on any atom is 0.251 e. The highest BCUT2D eigenvalue weighted by atomic mass is 35.5. The van der Waals surface area contributed by atoms with E-state index in [2.05, 4.69) is 15.9 Å². The normalized spacial score (nSPS) is 20.9. The van der Waals surface area contributed by atoms with E-state index in [0.29, 0.717) is 12.3 Å². The van der Waals surface area contributed by atoms with E-state index in [1.54, 1.807) is 23.5 Å². The maximum atomic E-state index is 13.1. The minimum absolute atomic E-state index is 0.124. The SMILES string of the molecule is CCCOc1ccc(N2C(=O)CC(N3CCN(Cc4ccc(Cl)s4)CC3)C2=O)cc1. The molecule has 2 saturated heterocycles. The van der Waals surface area contributed by atoms with E-state index in [0.717, 1.165) is 49.2 Å². The molecule has 30 heavy (non-hydrogen) atoms. The molecule has 0 saturated carbocycles. The second-order valence-corrected chi connectivity index (χ2v) is 9.45. The molecule has 160 valence electrons. The number of ether oxygens (including phenoxy) is 1. The van der Waals surface area contributed by atoms with Gasteiger partial charge < -0.3 is 4.74 Å². The lowest BCUT2D eigenvalue weighted by atomic mass is 10.1. The quantitative estimate of drug-likeness (QED) is 0.606. The van der Waals surface area contributed by atoms with Gasteiger partial charge in [-0.15, -0.1) is 11.3 Å². The van der Waals surface area contributed by atoms with Crippen LogP contribution in [0.4, 0.5) is 5.69 Å². The molecule has 1 unspecified atom stereocenters. The summed E-state index contributed by atoms with van der Waals surface area (Å²) in [4.78, 5) is 32.8. The highest BCUT2D eigenvalue weighted by Gasteiger charge is 2.43. The van der Waals surface area contributed by atoms with Crippen LogP contribution in [0.5, 0.6) is 5.75 Å². The number of thiophene rings is 1. The van der Waals surface area contributed by atoms with Crippen LogP contribution in [0.3, 0.4) is 0 Å². The number of anilines is 1. The summed E-state index contributed by atoms with van der Waals surface area (Å²) >= 11 is 7.63. The van der Waals surface area contributed by atoms with Crippen LogP contribution in [0.15, 0.2) is 36.4 Å². The average molecular weight is 448 g/mol. The van der Waals surface area contributed by atoms with Crippen molar-refractivity contribution < 1.29 is 14.3 Å². The molecular formula is C22H26ClN3O3S. The monoisotopic (exact) mass is 447 g/mol. The second-order valence-electron chi connectivity index (χ2n) is 7.65. The number of halogens is 1. The number of carbonyl (C=O) groups excluding carboxylic acids is 2. The number of rotatable bonds is 7. The van der Waals surface area contributed by atoms with Crippen LogP contribution in [0.1, 0.15) is 24.6 Å². The van der Waals surface area contributed by atoms with Crippen LogP contribution in [-0.4, -0.2) is 60.4 Å². The molecule has 1 aromatic heterocycles. The van der Waals surface area contributed by atoms with Crippen molar-refractivity contribution in [3.05, 3.63) is 45.6 Å². The van der Waals surface area contributed by atoms with Gasteiger partial charge in [0.05, 0.1) is 29.1 Å². The Morgan fingerprint density at radius 2 is 1.80 bits per heavy atom. The Morgan fingerprint density at radius 3 is 2.43 bits per heavy atom. The number of hydrogen-bond acceptors (Lipinski definition) is 6. The van der Waals surface area contributed by atoms with Crippen LogP contribution in [-0.2, 0) is 16.1 Å². The van der Waals surface area contributed by atoms with Gasteiger partial charge in [0, 0.05) is 37.6 Å². The van der Waals surface area contributed by atoms with Crippen molar-refractivity contribution in [1.29, 1.82) is 0 Å². The predicted octanol–water partition coefficient (Wildman–Crippen LogP) is 3.64. The number of amides is 2. The van der Waals surface area contributed by atoms with Gasteiger partial charge in [-0.3, -0.25) is 19.4 Å². The molecule has 1 atom stereocenters. The largest absolute Gasteiger partial charge is 0.494 e. The second kappa shape index (κ2) is 9.47. The van der Waals surface area contributed by atoms with Crippen LogP contribution >= 0.6 is 22.9 Å². The Labute approximate surface area is 186 Å². The van der Waals surface area contributed by atoms with Crippen molar-refractivity contribution in [2.24, 2.45) is 0 Å². The van der Waals surface area contributed by atoms with E-state index < -0.39 is 0 Å². The van der Waals surface area contributed by atoms with E-state index in [1.807, 2.05) is 25.1 Å². The van der Waals surface area contributed by atoms with Gasteiger partial charge in [-0.1, -0.05) is 18.5 Å². The Balaban J connectivity index is 1.35. The zero-order valence-electron chi connectivity index (χ0n) is 17.1. The zero-order chi connectivity index (χ0) is 21.1. The summed E-state index contributed by atoms with van der Waals surface area (Å²) in [5, 5.41) is 0. The highest BCUT2D eigenvalue weighted by Crippen LogP contribution is 2.28. The smallest absolute Gasteiger partial charge is 0.251 e. The van der Waals surface area contributed by atoms with Gasteiger partial charge in [-0.05, 0) is 42.8 Å². The van der Waals surface area contributed by atoms with E-state index in [4.69, 9.17) is 16.3 Å². The zero-order valence-corrected chi connectivity index (χ0v) is 18.6. The summed E-state index contributed by atoms with van der Waals surface area (Å²) in [6.07, 6.45) is 1.17. The van der Waals surface area contributed by atoms with Crippen LogP contribution < -0.4 is 9.64 Å². The van der Waals surface area contributed by atoms with Crippen molar-refractivity contribution in [2.75, 3.05) is 37.7 Å². The molecular weight excluding hydrogens is 422 g/mol. The van der Waals surface area contributed by atoms with Crippen molar-refractivity contribution in [3.63, 3.8) is 0 Å². The third-order valence-electron chi connectivity index (χ3n) is 5.55. The molecule has 0 aliphatic carbocycles. The molecule has 8 heteroatoms. The van der Waals surface area contributed by atoms with Gasteiger partial charge in [-0.25, -0.2) is 4.90 Å². The first-order valence-corrected chi connectivity index (χ1v) is 11.5. The van der Waals surface area contributed by atoms with Crippen molar-refractivity contribution in [2.45, 2.75) is 32.4 Å². The molecule has 2 aromatic rings. The lowest BCUT2D eigenvalue weighted by molar-refractivity contribution is -0.123. The van der Waals surface area contributed by atoms with Crippen LogP contribution in [0, 0.1) is 0 Å². The highest BCUT2D eigenvalue weighted by molar-refractivity contribution is 7.16. The van der Waals surface area contributed by atoms with Crippen molar-refractivity contribution in [1.82, 2.24) is 9.80 Å². The van der Waals surface area contributed by atoms with E-state index >= 15 is 0 Å². The van der Waals surface area contributed by atoms with Gasteiger partial charge in [0.1, 0.15) is 5.75 Å². The summed E-state index contributed by atoms with van der Waals surface area (Å²) in [5.41, 5.74) is 0.615. The fourth-order valence-corrected chi connectivity index (χ4v) is 5.10. The fraction of sp³-hybridized carbons (Fsp3) is 0.455. The summed E-state index contributed by atoms with van der Waals surface area (Å²) < 4.78 is 6.40. The molecule has 0 N–H and O–H groups in total. The number of imide groups is 1. The van der Waals surface area contributed by atoms with Crippen LogP contribution in [0.25, 0.3) is 0 Å². The Morgan fingerprint density at radius 1 is 1.07 bits per heavy atom. The lowest BCUT2D eigenvalue weighted by Crippen LogP contribution is -2.52. The minimum atomic E-state index is -0.369. The summed E-state index contributed by atoms with van der Waals surface area (Å²) in [6, 6.07) is 10.8. The predicted molar refractivity (Wildman–Crippen MR) is 119 cm³/mol. The molecule has 0 bridgehead atoms. The third-order valence-corrected chi connectivity index (χ3v) is 6.76. The van der Waals surface area contributed by atoms with Gasteiger partial charge in [0.2, 0.25) is 5.91 Å². The number of hydrogen-bond donors (Lipinski definition) is 0. The molecule has 2 amide bonds. The van der Waals surface area contributed by atoms with Crippen LogP contribution in [0.2, 0.25) is 4.34 Å². The topological polar surface area (TPSA) is 53.1 Å². The Bertz CT molecular complexity index is 893. The summed E-state index contributed by atoms with van der Waals surface area (Å²) in [5.74, 6) is 0.489. The van der Waals surface area contributed by atoms with E-state index in [1.165, 1.54) is 9.78 Å². The van der Waals surface area contributed by atoms with E-state index in [-0.39, 0.29) is 24.3 Å². The molecule has 1 aromatic carbocycles. The molecule has 2 aliphatic heterocycles. The summed E-state index contributed by atoms with van der Waals surface area (Å²) in [7, 11) is 0. The average Bonchev–Trinajstić information content (AvgIpc) is 3.29. The molecule has 0 radical (unpaired) electrons. The van der Waals surface area contributed by atoms with Crippen molar-refractivity contribution in [3.8, 4) is 5.75 Å². The van der Waals surface area contributed by atoms with Gasteiger partial charge in [0.15, 0.2) is 0 Å². The molecule has 0 spiro atoms. The van der Waals surface area contributed by atoms with Gasteiger partial charge >= 0.3 is 0 Å². The minimum Gasteiger partial charge on any atom is -0.494 e. The van der Waals surface area contributed by atoms with Crippen molar-refractivity contribution >= 4 is 40.4 Å².